The van der Waals surface area contributed by atoms with Crippen LogP contribution in [0.25, 0.3) is 10.3 Å². The van der Waals surface area contributed by atoms with Gasteiger partial charge in [0, 0.05) is 31.2 Å². The van der Waals surface area contributed by atoms with Gasteiger partial charge in [0.25, 0.3) is 10.8 Å². The average molecular weight is 321 g/mol. The molecule has 0 radical (unpaired) electrons. The first kappa shape index (κ1) is 13.3. The van der Waals surface area contributed by atoms with Crippen LogP contribution in [0.15, 0.2) is 23.0 Å². The second kappa shape index (κ2) is 4.84. The predicted octanol–water partition coefficient (Wildman–Crippen LogP) is 2.87. The van der Waals surface area contributed by atoms with E-state index in [1.807, 2.05) is 0 Å². The number of aromatic nitrogens is 3. The van der Waals surface area contributed by atoms with Crippen LogP contribution in [0.5, 0.6) is 10.9 Å². The topological polar surface area (TPSA) is 57.0 Å². The fourth-order valence-corrected chi connectivity index (χ4v) is 3.30. The molecule has 0 fully saturated rings. The van der Waals surface area contributed by atoms with Crippen LogP contribution in [0.4, 0.5) is 8.78 Å². The van der Waals surface area contributed by atoms with Crippen molar-refractivity contribution in [3.8, 4) is 10.9 Å². The molecule has 1 aliphatic heterocycles. The molecule has 1 aliphatic rings. The van der Waals surface area contributed by atoms with E-state index in [2.05, 4.69) is 9.97 Å². The molecule has 0 atom stereocenters. The summed E-state index contributed by atoms with van der Waals surface area (Å²) in [6.07, 6.45) is 1.65. The highest BCUT2D eigenvalue weighted by Gasteiger charge is 2.19. The van der Waals surface area contributed by atoms with Crippen LogP contribution < -0.4 is 10.3 Å². The van der Waals surface area contributed by atoms with Crippen molar-refractivity contribution in [2.75, 3.05) is 0 Å². The van der Waals surface area contributed by atoms with Gasteiger partial charge in [0.15, 0.2) is 10.3 Å². The van der Waals surface area contributed by atoms with Gasteiger partial charge in [0.2, 0.25) is 0 Å². The fourth-order valence-electron chi connectivity index (χ4n) is 2.48. The SMILES string of the molecule is O=c1c2nc(Oc3cc(F)cc(F)c3)sc2nc2n1CCC2. The van der Waals surface area contributed by atoms with E-state index >= 15 is 0 Å². The third-order valence-corrected chi connectivity index (χ3v) is 4.23. The van der Waals surface area contributed by atoms with Gasteiger partial charge in [-0.2, -0.15) is 4.98 Å². The first-order valence-corrected chi connectivity index (χ1v) is 7.46. The number of thiazole rings is 1. The van der Waals surface area contributed by atoms with Crippen LogP contribution in [0.3, 0.4) is 0 Å². The third-order valence-electron chi connectivity index (χ3n) is 3.40. The molecule has 0 aliphatic carbocycles. The zero-order valence-corrected chi connectivity index (χ0v) is 12.0. The van der Waals surface area contributed by atoms with Gasteiger partial charge in [-0.1, -0.05) is 11.3 Å². The number of rotatable bonds is 2. The lowest BCUT2D eigenvalue weighted by molar-refractivity contribution is 0.466. The molecule has 1 aromatic carbocycles. The van der Waals surface area contributed by atoms with Crippen LogP contribution in [0.2, 0.25) is 0 Å². The molecule has 0 saturated carbocycles. The monoisotopic (exact) mass is 321 g/mol. The van der Waals surface area contributed by atoms with Crippen molar-refractivity contribution in [3.63, 3.8) is 0 Å². The van der Waals surface area contributed by atoms with Crippen LogP contribution in [0, 0.1) is 11.6 Å². The highest BCUT2D eigenvalue weighted by Crippen LogP contribution is 2.30. The number of nitrogens with zero attached hydrogens (tertiary/aromatic N) is 3. The summed E-state index contributed by atoms with van der Waals surface area (Å²) in [5.41, 5.74) is 0.0246. The summed E-state index contributed by atoms with van der Waals surface area (Å²) in [5, 5.41) is 0.133. The lowest BCUT2D eigenvalue weighted by Crippen LogP contribution is -2.20. The van der Waals surface area contributed by atoms with E-state index in [1.165, 1.54) is 0 Å². The minimum absolute atomic E-state index is 0.0100. The molecule has 0 unspecified atom stereocenters. The zero-order valence-electron chi connectivity index (χ0n) is 11.2. The highest BCUT2D eigenvalue weighted by atomic mass is 32.1. The molecule has 3 heterocycles. The van der Waals surface area contributed by atoms with Gasteiger partial charge < -0.3 is 4.74 Å². The number of ether oxygens (including phenoxy) is 1. The summed E-state index contributed by atoms with van der Waals surface area (Å²) in [5.74, 6) is -0.754. The molecular weight excluding hydrogens is 312 g/mol. The standard InChI is InChI=1S/C14H9F2N3O2S/c15-7-4-8(16)6-9(5-7)21-14-18-11-12(22-14)17-10-2-1-3-19(10)13(11)20/h4-6H,1-3H2. The van der Waals surface area contributed by atoms with E-state index in [0.29, 0.717) is 11.4 Å². The molecule has 0 saturated heterocycles. The smallest absolute Gasteiger partial charge is 0.281 e. The summed E-state index contributed by atoms with van der Waals surface area (Å²) < 4.78 is 33.3. The molecule has 0 spiro atoms. The van der Waals surface area contributed by atoms with E-state index < -0.39 is 11.6 Å². The number of hydrogen-bond acceptors (Lipinski definition) is 5. The summed E-state index contributed by atoms with van der Waals surface area (Å²) >= 11 is 1.08. The number of hydrogen-bond donors (Lipinski definition) is 0. The Kier molecular flexibility index (Phi) is 2.93. The Morgan fingerprint density at radius 1 is 1.18 bits per heavy atom. The van der Waals surface area contributed by atoms with Crippen molar-refractivity contribution in [2.24, 2.45) is 0 Å². The number of fused-ring (bicyclic) bond motifs is 2. The van der Waals surface area contributed by atoms with Crippen LogP contribution in [-0.2, 0) is 13.0 Å². The first-order valence-electron chi connectivity index (χ1n) is 6.64. The molecule has 0 amide bonds. The number of aryl methyl sites for hydroxylation is 1. The lowest BCUT2D eigenvalue weighted by atomic mass is 10.3. The van der Waals surface area contributed by atoms with Gasteiger partial charge in [0.05, 0.1) is 0 Å². The van der Waals surface area contributed by atoms with Crippen molar-refractivity contribution >= 4 is 21.7 Å². The van der Waals surface area contributed by atoms with Gasteiger partial charge in [-0.15, -0.1) is 0 Å². The van der Waals surface area contributed by atoms with Crippen molar-refractivity contribution in [1.29, 1.82) is 0 Å². The quantitative estimate of drug-likeness (QED) is 0.728. The zero-order chi connectivity index (χ0) is 15.3. The molecule has 22 heavy (non-hydrogen) atoms. The van der Waals surface area contributed by atoms with E-state index in [0.717, 1.165) is 48.2 Å². The Morgan fingerprint density at radius 3 is 2.73 bits per heavy atom. The van der Waals surface area contributed by atoms with Crippen molar-refractivity contribution in [3.05, 3.63) is 46.0 Å². The summed E-state index contributed by atoms with van der Waals surface area (Å²) in [6.45, 7) is 0.639. The van der Waals surface area contributed by atoms with E-state index in [1.54, 1.807) is 4.57 Å². The Bertz CT molecular complexity index is 931. The molecule has 0 bridgehead atoms. The predicted molar refractivity (Wildman–Crippen MR) is 76.4 cm³/mol. The first-order chi connectivity index (χ1) is 10.6. The Labute approximate surface area is 126 Å². The Morgan fingerprint density at radius 2 is 1.95 bits per heavy atom. The van der Waals surface area contributed by atoms with E-state index in [-0.39, 0.29) is 22.0 Å². The molecule has 0 N–H and O–H groups in total. The largest absolute Gasteiger partial charge is 0.431 e. The average Bonchev–Trinajstić information content (AvgIpc) is 3.04. The second-order valence-electron chi connectivity index (χ2n) is 4.93. The molecule has 112 valence electrons. The van der Waals surface area contributed by atoms with Crippen LogP contribution in [0.1, 0.15) is 12.2 Å². The highest BCUT2D eigenvalue weighted by molar-refractivity contribution is 7.19. The third kappa shape index (κ3) is 2.16. The van der Waals surface area contributed by atoms with Crippen LogP contribution >= 0.6 is 11.3 Å². The number of halogens is 2. The van der Waals surface area contributed by atoms with Gasteiger partial charge in [-0.25, -0.2) is 13.8 Å². The molecule has 3 aromatic rings. The van der Waals surface area contributed by atoms with Gasteiger partial charge in [-0.3, -0.25) is 9.36 Å². The van der Waals surface area contributed by atoms with Crippen molar-refractivity contribution in [1.82, 2.24) is 14.5 Å². The normalized spacial score (nSPS) is 13.5. The summed E-state index contributed by atoms with van der Waals surface area (Å²) in [6, 6.07) is 2.86. The summed E-state index contributed by atoms with van der Waals surface area (Å²) in [7, 11) is 0. The Hall–Kier alpha value is -2.35. The molecular formula is C14H9F2N3O2S. The van der Waals surface area contributed by atoms with Gasteiger partial charge in [0.1, 0.15) is 23.2 Å². The minimum atomic E-state index is -0.742. The van der Waals surface area contributed by atoms with Gasteiger partial charge in [-0.05, 0) is 6.42 Å². The Balaban J connectivity index is 1.77. The van der Waals surface area contributed by atoms with E-state index in [4.69, 9.17) is 4.74 Å². The maximum absolute atomic E-state index is 13.2. The fraction of sp³-hybridized carbons (Fsp3) is 0.214. The molecule has 8 heteroatoms. The number of benzene rings is 1. The lowest BCUT2D eigenvalue weighted by Gasteiger charge is -2.01. The van der Waals surface area contributed by atoms with Crippen molar-refractivity contribution < 1.29 is 13.5 Å². The maximum atomic E-state index is 13.2. The summed E-state index contributed by atoms with van der Waals surface area (Å²) in [4.78, 5) is 21.3. The second-order valence-corrected chi connectivity index (χ2v) is 5.87. The molecule has 4 rings (SSSR count). The molecule has 5 nitrogen and oxygen atoms in total. The van der Waals surface area contributed by atoms with Gasteiger partial charge >= 0.3 is 0 Å². The minimum Gasteiger partial charge on any atom is -0.431 e. The van der Waals surface area contributed by atoms with Crippen molar-refractivity contribution in [2.45, 2.75) is 19.4 Å². The van der Waals surface area contributed by atoms with Crippen LogP contribution in [-0.4, -0.2) is 14.5 Å². The van der Waals surface area contributed by atoms with E-state index in [9.17, 15) is 13.6 Å². The maximum Gasteiger partial charge on any atom is 0.281 e. The molecule has 2 aromatic heterocycles.